The second kappa shape index (κ2) is 7.17. The van der Waals surface area contributed by atoms with E-state index in [-0.39, 0.29) is 0 Å². The lowest BCUT2D eigenvalue weighted by atomic mass is 9.94. The third-order valence-corrected chi connectivity index (χ3v) is 4.39. The normalized spacial score (nSPS) is 24.9. The Labute approximate surface area is 107 Å². The summed E-state index contributed by atoms with van der Waals surface area (Å²) < 4.78 is 0. The van der Waals surface area contributed by atoms with Gasteiger partial charge in [-0.1, -0.05) is 12.5 Å². The number of nitrogens with zero attached hydrogens (tertiary/aromatic N) is 2. The molecule has 17 heavy (non-hydrogen) atoms. The topological polar surface area (TPSA) is 6.48 Å². The van der Waals surface area contributed by atoms with Gasteiger partial charge >= 0.3 is 0 Å². The molecule has 0 amide bonds. The molecule has 2 heterocycles. The molecule has 0 bridgehead atoms. The van der Waals surface area contributed by atoms with Crippen LogP contribution in [0.15, 0.2) is 12.7 Å². The molecule has 0 aromatic carbocycles. The minimum Gasteiger partial charge on any atom is -0.302 e. The summed E-state index contributed by atoms with van der Waals surface area (Å²) in [4.78, 5) is 5.31. The Morgan fingerprint density at radius 3 is 2.06 bits per heavy atom. The third kappa shape index (κ3) is 4.44. The molecule has 0 aromatic rings. The second-order valence-corrected chi connectivity index (χ2v) is 5.71. The van der Waals surface area contributed by atoms with Crippen LogP contribution in [0.3, 0.4) is 0 Å². The van der Waals surface area contributed by atoms with Gasteiger partial charge in [-0.25, -0.2) is 0 Å². The zero-order valence-corrected chi connectivity index (χ0v) is 11.2. The van der Waals surface area contributed by atoms with Crippen molar-refractivity contribution < 1.29 is 0 Å². The number of hydrogen-bond acceptors (Lipinski definition) is 2. The van der Waals surface area contributed by atoms with E-state index in [1.54, 1.807) is 0 Å². The van der Waals surface area contributed by atoms with Gasteiger partial charge in [-0.3, -0.25) is 0 Å². The smallest absolute Gasteiger partial charge is 0.0109 e. The molecule has 0 atom stereocenters. The SMILES string of the molecule is C=CCC1CCN(CCN2CCCCC2)CC1. The molecule has 2 fully saturated rings. The van der Waals surface area contributed by atoms with Crippen molar-refractivity contribution in [2.45, 2.75) is 38.5 Å². The number of hydrogen-bond donors (Lipinski definition) is 0. The minimum atomic E-state index is 0.915. The molecule has 2 aliphatic heterocycles. The summed E-state index contributed by atoms with van der Waals surface area (Å²) in [6, 6.07) is 0. The Morgan fingerprint density at radius 1 is 0.882 bits per heavy atom. The van der Waals surface area contributed by atoms with Crippen LogP contribution in [0.4, 0.5) is 0 Å². The van der Waals surface area contributed by atoms with Gasteiger partial charge in [0.15, 0.2) is 0 Å². The molecular weight excluding hydrogens is 208 g/mol. The van der Waals surface area contributed by atoms with Crippen molar-refractivity contribution in [2.75, 3.05) is 39.3 Å². The molecule has 0 saturated carbocycles. The number of piperidine rings is 2. The van der Waals surface area contributed by atoms with Gasteiger partial charge in [0.05, 0.1) is 0 Å². The zero-order valence-electron chi connectivity index (χ0n) is 11.2. The summed E-state index contributed by atoms with van der Waals surface area (Å²) in [6.45, 7) is 11.7. The van der Waals surface area contributed by atoms with Crippen molar-refractivity contribution in [1.29, 1.82) is 0 Å². The predicted octanol–water partition coefficient (Wildman–Crippen LogP) is 2.76. The Kier molecular flexibility index (Phi) is 5.53. The maximum Gasteiger partial charge on any atom is 0.0109 e. The lowest BCUT2D eigenvalue weighted by Crippen LogP contribution is -2.41. The van der Waals surface area contributed by atoms with Gasteiger partial charge in [-0.2, -0.15) is 0 Å². The van der Waals surface area contributed by atoms with Gasteiger partial charge in [-0.15, -0.1) is 6.58 Å². The van der Waals surface area contributed by atoms with Crippen molar-refractivity contribution in [2.24, 2.45) is 5.92 Å². The van der Waals surface area contributed by atoms with Gasteiger partial charge in [0.1, 0.15) is 0 Å². The van der Waals surface area contributed by atoms with E-state index < -0.39 is 0 Å². The van der Waals surface area contributed by atoms with Crippen LogP contribution in [0.1, 0.15) is 38.5 Å². The fourth-order valence-corrected chi connectivity index (χ4v) is 3.15. The molecule has 0 unspecified atom stereocenters. The Balaban J connectivity index is 1.59. The minimum absolute atomic E-state index is 0.915. The molecule has 2 rings (SSSR count). The van der Waals surface area contributed by atoms with Crippen molar-refractivity contribution in [3.63, 3.8) is 0 Å². The van der Waals surface area contributed by atoms with E-state index in [9.17, 15) is 0 Å². The van der Waals surface area contributed by atoms with Gasteiger partial charge in [-0.05, 0) is 64.2 Å². The fourth-order valence-electron chi connectivity index (χ4n) is 3.15. The highest BCUT2D eigenvalue weighted by atomic mass is 15.2. The summed E-state index contributed by atoms with van der Waals surface area (Å²) in [7, 11) is 0. The largest absolute Gasteiger partial charge is 0.302 e. The van der Waals surface area contributed by atoms with E-state index in [1.807, 2.05) is 0 Å². The molecule has 2 heteroatoms. The van der Waals surface area contributed by atoms with E-state index in [4.69, 9.17) is 0 Å². The standard InChI is InChI=1S/C15H28N2/c1-2-6-15-7-11-17(12-8-15)14-13-16-9-4-3-5-10-16/h2,15H,1,3-14H2. The first kappa shape index (κ1) is 13.1. The highest BCUT2D eigenvalue weighted by Gasteiger charge is 2.18. The average molecular weight is 236 g/mol. The predicted molar refractivity (Wildman–Crippen MR) is 74.3 cm³/mol. The van der Waals surface area contributed by atoms with Crippen molar-refractivity contribution in [3.05, 3.63) is 12.7 Å². The Bertz CT molecular complexity index is 213. The van der Waals surface area contributed by atoms with Crippen molar-refractivity contribution >= 4 is 0 Å². The van der Waals surface area contributed by atoms with E-state index >= 15 is 0 Å². The van der Waals surface area contributed by atoms with E-state index in [0.717, 1.165) is 5.92 Å². The molecule has 0 aromatic heterocycles. The van der Waals surface area contributed by atoms with E-state index in [1.165, 1.54) is 77.8 Å². The first-order chi connectivity index (χ1) is 8.38. The summed E-state index contributed by atoms with van der Waals surface area (Å²) in [6.07, 6.45) is 10.4. The number of likely N-dealkylation sites (tertiary alicyclic amines) is 2. The van der Waals surface area contributed by atoms with Gasteiger partial charge in [0.2, 0.25) is 0 Å². The highest BCUT2D eigenvalue weighted by molar-refractivity contribution is 4.79. The molecule has 2 aliphatic rings. The lowest BCUT2D eigenvalue weighted by Gasteiger charge is -2.34. The summed E-state index contributed by atoms with van der Waals surface area (Å²) in [5.74, 6) is 0.915. The first-order valence-electron chi connectivity index (χ1n) is 7.44. The maximum absolute atomic E-state index is 3.85. The monoisotopic (exact) mass is 236 g/mol. The van der Waals surface area contributed by atoms with Crippen LogP contribution in [0.25, 0.3) is 0 Å². The van der Waals surface area contributed by atoms with Crippen LogP contribution in [-0.4, -0.2) is 49.1 Å². The van der Waals surface area contributed by atoms with Crippen LogP contribution in [-0.2, 0) is 0 Å². The van der Waals surface area contributed by atoms with E-state index in [0.29, 0.717) is 0 Å². The molecule has 98 valence electrons. The lowest BCUT2D eigenvalue weighted by molar-refractivity contribution is 0.146. The van der Waals surface area contributed by atoms with Crippen molar-refractivity contribution in [3.8, 4) is 0 Å². The maximum atomic E-state index is 3.85. The molecule has 0 aliphatic carbocycles. The molecular formula is C15H28N2. The number of allylic oxidation sites excluding steroid dienone is 1. The zero-order chi connectivity index (χ0) is 11.9. The second-order valence-electron chi connectivity index (χ2n) is 5.71. The van der Waals surface area contributed by atoms with Crippen LogP contribution in [0, 0.1) is 5.92 Å². The molecule has 0 N–H and O–H groups in total. The van der Waals surface area contributed by atoms with Crippen molar-refractivity contribution in [1.82, 2.24) is 9.80 Å². The highest BCUT2D eigenvalue weighted by Crippen LogP contribution is 2.20. The number of rotatable bonds is 5. The Morgan fingerprint density at radius 2 is 1.47 bits per heavy atom. The molecule has 2 nitrogen and oxygen atoms in total. The quantitative estimate of drug-likeness (QED) is 0.677. The first-order valence-corrected chi connectivity index (χ1v) is 7.44. The average Bonchev–Trinajstić information content (AvgIpc) is 2.40. The van der Waals surface area contributed by atoms with Crippen LogP contribution in [0.5, 0.6) is 0 Å². The molecule has 0 spiro atoms. The van der Waals surface area contributed by atoms with Gasteiger partial charge in [0, 0.05) is 13.1 Å². The van der Waals surface area contributed by atoms with Crippen LogP contribution >= 0.6 is 0 Å². The van der Waals surface area contributed by atoms with Gasteiger partial charge in [0.25, 0.3) is 0 Å². The summed E-state index contributed by atoms with van der Waals surface area (Å²) in [5, 5.41) is 0. The third-order valence-electron chi connectivity index (χ3n) is 4.39. The van der Waals surface area contributed by atoms with E-state index in [2.05, 4.69) is 22.5 Å². The van der Waals surface area contributed by atoms with Crippen LogP contribution < -0.4 is 0 Å². The fraction of sp³-hybridized carbons (Fsp3) is 0.867. The molecule has 0 radical (unpaired) electrons. The summed E-state index contributed by atoms with van der Waals surface area (Å²) >= 11 is 0. The molecule has 2 saturated heterocycles. The Hall–Kier alpha value is -0.340. The van der Waals surface area contributed by atoms with Gasteiger partial charge < -0.3 is 9.80 Å². The summed E-state index contributed by atoms with van der Waals surface area (Å²) in [5.41, 5.74) is 0. The van der Waals surface area contributed by atoms with Crippen LogP contribution in [0.2, 0.25) is 0 Å².